The summed E-state index contributed by atoms with van der Waals surface area (Å²) in [6.45, 7) is 4.38. The van der Waals surface area contributed by atoms with Crippen LogP contribution in [0.1, 0.15) is 18.7 Å². The van der Waals surface area contributed by atoms with Gasteiger partial charge in [-0.3, -0.25) is 0 Å². The van der Waals surface area contributed by atoms with E-state index in [4.69, 9.17) is 4.74 Å². The second-order valence-corrected chi connectivity index (χ2v) is 4.80. The molecule has 0 saturated carbocycles. The van der Waals surface area contributed by atoms with Gasteiger partial charge in [0.05, 0.1) is 6.10 Å². The Labute approximate surface area is 113 Å². The van der Waals surface area contributed by atoms with Crippen LogP contribution in [-0.4, -0.2) is 41.5 Å². The van der Waals surface area contributed by atoms with Crippen molar-refractivity contribution in [3.05, 3.63) is 11.9 Å². The highest BCUT2D eigenvalue weighted by Gasteiger charge is 2.15. The molecule has 100 valence electrons. The first kappa shape index (κ1) is 13.4. The molecule has 0 radical (unpaired) electrons. The highest BCUT2D eigenvalue weighted by Crippen LogP contribution is 2.15. The summed E-state index contributed by atoms with van der Waals surface area (Å²) in [5.74, 6) is 3.22. The van der Waals surface area contributed by atoms with Gasteiger partial charge in [0.15, 0.2) is 0 Å². The lowest BCUT2D eigenvalue weighted by Gasteiger charge is -2.12. The molecule has 0 aromatic carbocycles. The SMILES string of the molecule is Cc1nc(NCCS)cc(NCC2CCCO2)n1. The van der Waals surface area contributed by atoms with E-state index in [-0.39, 0.29) is 0 Å². The first-order valence-corrected chi connectivity index (χ1v) is 6.97. The van der Waals surface area contributed by atoms with Gasteiger partial charge in [0.1, 0.15) is 17.5 Å². The van der Waals surface area contributed by atoms with E-state index >= 15 is 0 Å². The largest absolute Gasteiger partial charge is 0.376 e. The summed E-state index contributed by atoms with van der Waals surface area (Å²) in [6.07, 6.45) is 2.60. The van der Waals surface area contributed by atoms with Gasteiger partial charge in [-0.1, -0.05) is 0 Å². The fourth-order valence-corrected chi connectivity index (χ4v) is 2.07. The van der Waals surface area contributed by atoms with E-state index in [1.165, 1.54) is 0 Å². The van der Waals surface area contributed by atoms with Crippen LogP contribution in [0.5, 0.6) is 0 Å². The van der Waals surface area contributed by atoms with E-state index < -0.39 is 0 Å². The summed E-state index contributed by atoms with van der Waals surface area (Å²) in [7, 11) is 0. The van der Waals surface area contributed by atoms with Crippen LogP contribution in [0.4, 0.5) is 11.6 Å². The Hall–Kier alpha value is -1.01. The number of hydrogen-bond donors (Lipinski definition) is 3. The van der Waals surface area contributed by atoms with Crippen LogP contribution in [0.25, 0.3) is 0 Å². The third-order valence-corrected chi connectivity index (χ3v) is 3.01. The molecule has 1 fully saturated rings. The summed E-state index contributed by atoms with van der Waals surface area (Å²) in [6, 6.07) is 1.92. The van der Waals surface area contributed by atoms with Crippen molar-refractivity contribution in [2.24, 2.45) is 0 Å². The maximum atomic E-state index is 5.57. The lowest BCUT2D eigenvalue weighted by Crippen LogP contribution is -2.19. The molecular weight excluding hydrogens is 248 g/mol. The molecular formula is C12H20N4OS. The molecule has 2 rings (SSSR count). The minimum Gasteiger partial charge on any atom is -0.376 e. The third-order valence-electron chi connectivity index (χ3n) is 2.79. The van der Waals surface area contributed by atoms with Gasteiger partial charge in [-0.25, -0.2) is 9.97 Å². The van der Waals surface area contributed by atoms with Crippen molar-refractivity contribution in [2.45, 2.75) is 25.9 Å². The first-order valence-electron chi connectivity index (χ1n) is 6.34. The minimum atomic E-state index is 0.314. The maximum absolute atomic E-state index is 5.57. The predicted molar refractivity (Wildman–Crippen MR) is 76.6 cm³/mol. The Morgan fingerprint density at radius 2 is 2.17 bits per heavy atom. The molecule has 1 atom stereocenters. The molecule has 2 N–H and O–H groups in total. The summed E-state index contributed by atoms with van der Waals surface area (Å²) in [4.78, 5) is 8.69. The van der Waals surface area contributed by atoms with Gasteiger partial charge >= 0.3 is 0 Å². The summed E-state index contributed by atoms with van der Waals surface area (Å²) in [5, 5.41) is 6.51. The fraction of sp³-hybridized carbons (Fsp3) is 0.667. The number of nitrogens with one attached hydrogen (secondary N) is 2. The molecule has 6 heteroatoms. The quantitative estimate of drug-likeness (QED) is 0.686. The average molecular weight is 268 g/mol. The molecule has 5 nitrogen and oxygen atoms in total. The lowest BCUT2D eigenvalue weighted by atomic mass is 10.2. The van der Waals surface area contributed by atoms with Crippen LogP contribution in [0.2, 0.25) is 0 Å². The zero-order valence-corrected chi connectivity index (χ0v) is 11.5. The van der Waals surface area contributed by atoms with Crippen LogP contribution >= 0.6 is 12.6 Å². The monoisotopic (exact) mass is 268 g/mol. The molecule has 0 bridgehead atoms. The Bertz CT molecular complexity index is 382. The van der Waals surface area contributed by atoms with Gasteiger partial charge in [0.2, 0.25) is 0 Å². The molecule has 18 heavy (non-hydrogen) atoms. The van der Waals surface area contributed by atoms with Crippen LogP contribution in [-0.2, 0) is 4.74 Å². The normalized spacial score (nSPS) is 18.9. The Morgan fingerprint density at radius 3 is 2.83 bits per heavy atom. The summed E-state index contributed by atoms with van der Waals surface area (Å²) < 4.78 is 5.57. The van der Waals surface area contributed by atoms with E-state index in [0.29, 0.717) is 6.10 Å². The molecule has 1 unspecified atom stereocenters. The number of hydrogen-bond acceptors (Lipinski definition) is 6. The number of aromatic nitrogens is 2. The van der Waals surface area contributed by atoms with Gasteiger partial charge in [-0.15, -0.1) is 0 Å². The molecule has 1 aliphatic rings. The van der Waals surface area contributed by atoms with Gasteiger partial charge in [0, 0.05) is 31.5 Å². The number of thiol groups is 1. The second kappa shape index (κ2) is 6.80. The smallest absolute Gasteiger partial charge is 0.131 e. The number of ether oxygens (including phenoxy) is 1. The Kier molecular flexibility index (Phi) is 5.07. The maximum Gasteiger partial charge on any atom is 0.131 e. The number of rotatable bonds is 6. The highest BCUT2D eigenvalue weighted by atomic mass is 32.1. The molecule has 0 spiro atoms. The fourth-order valence-electron chi connectivity index (χ4n) is 1.96. The Balaban J connectivity index is 1.91. The van der Waals surface area contributed by atoms with Crippen LogP contribution in [0.3, 0.4) is 0 Å². The molecule has 0 aliphatic carbocycles. The highest BCUT2D eigenvalue weighted by molar-refractivity contribution is 7.80. The van der Waals surface area contributed by atoms with Gasteiger partial charge in [-0.2, -0.15) is 12.6 Å². The average Bonchev–Trinajstić information content (AvgIpc) is 2.86. The standard InChI is InChI=1S/C12H20N4OS/c1-9-15-11(13-4-6-18)7-12(16-9)14-8-10-3-2-5-17-10/h7,10,18H,2-6,8H2,1H3,(H2,13,14,15,16). The minimum absolute atomic E-state index is 0.314. The van der Waals surface area contributed by atoms with Gasteiger partial charge < -0.3 is 15.4 Å². The number of anilines is 2. The number of nitrogens with zero attached hydrogens (tertiary/aromatic N) is 2. The van der Waals surface area contributed by atoms with Gasteiger partial charge in [0.25, 0.3) is 0 Å². The summed E-state index contributed by atoms with van der Waals surface area (Å²) in [5.41, 5.74) is 0. The molecule has 0 amide bonds. The molecule has 1 saturated heterocycles. The van der Waals surface area contributed by atoms with E-state index in [1.54, 1.807) is 0 Å². The summed E-state index contributed by atoms with van der Waals surface area (Å²) >= 11 is 4.16. The zero-order chi connectivity index (χ0) is 12.8. The Morgan fingerprint density at radius 1 is 1.39 bits per heavy atom. The van der Waals surface area contributed by atoms with Gasteiger partial charge in [-0.05, 0) is 19.8 Å². The van der Waals surface area contributed by atoms with Crippen LogP contribution in [0, 0.1) is 6.92 Å². The van der Waals surface area contributed by atoms with Crippen molar-refractivity contribution >= 4 is 24.3 Å². The molecule has 1 aliphatic heterocycles. The zero-order valence-electron chi connectivity index (χ0n) is 10.6. The lowest BCUT2D eigenvalue weighted by molar-refractivity contribution is 0.120. The van der Waals surface area contributed by atoms with Crippen molar-refractivity contribution in [2.75, 3.05) is 36.1 Å². The van der Waals surface area contributed by atoms with E-state index in [9.17, 15) is 0 Å². The van der Waals surface area contributed by atoms with Crippen LogP contribution in [0.15, 0.2) is 6.07 Å². The van der Waals surface area contributed by atoms with Crippen molar-refractivity contribution in [3.63, 3.8) is 0 Å². The van der Waals surface area contributed by atoms with Crippen LogP contribution < -0.4 is 10.6 Å². The van der Waals surface area contributed by atoms with E-state index in [1.807, 2.05) is 13.0 Å². The molecule has 1 aromatic heterocycles. The van der Waals surface area contributed by atoms with E-state index in [2.05, 4.69) is 33.2 Å². The number of aryl methyl sites for hydroxylation is 1. The molecule has 2 heterocycles. The van der Waals surface area contributed by atoms with E-state index in [0.717, 1.165) is 55.8 Å². The topological polar surface area (TPSA) is 59.1 Å². The van der Waals surface area contributed by atoms with Crippen molar-refractivity contribution in [3.8, 4) is 0 Å². The first-order chi connectivity index (χ1) is 8.78. The predicted octanol–water partition coefficient (Wildman–Crippen LogP) is 1.72. The van der Waals surface area contributed by atoms with Crippen molar-refractivity contribution < 1.29 is 4.74 Å². The molecule has 1 aromatic rings. The van der Waals surface area contributed by atoms with Crippen molar-refractivity contribution in [1.82, 2.24) is 9.97 Å². The third kappa shape index (κ3) is 4.03. The second-order valence-electron chi connectivity index (χ2n) is 4.35. The van der Waals surface area contributed by atoms with Crippen molar-refractivity contribution in [1.29, 1.82) is 0 Å².